The minimum Gasteiger partial charge on any atom is -0.481 e. The molecule has 3 saturated heterocycles. The molecule has 5 rings (SSSR count). The van der Waals surface area contributed by atoms with Crippen LogP contribution < -0.4 is 15.4 Å². The molecule has 5 heterocycles. The molecule has 1 atom stereocenters. The molecule has 1 unspecified atom stereocenters. The number of piperidine rings is 3. The SMILES string of the molecule is [B][N+]12CCC(CC1)C(O)(CNC(=S)Nc1nc3ccc(OC)nc3s1)C2. The standard InChI is InChI=1S/C16H21BN5O2S2/c1-24-12-3-2-11-13(20-12)26-15(19-11)21-14(25)18-8-16(23)9-22(17)6-4-10(16)5-7-22/h2-3,10,23H,4-9H2,1H3,(H2,18,19,21,25)/q+1. The van der Waals surface area contributed by atoms with E-state index in [2.05, 4.69) is 20.6 Å². The number of fused-ring (bicyclic) bond motifs is 4. The lowest BCUT2D eigenvalue weighted by Crippen LogP contribution is -2.70. The number of nitrogens with zero attached hydrogens (tertiary/aromatic N) is 3. The zero-order valence-corrected chi connectivity index (χ0v) is 16.2. The summed E-state index contributed by atoms with van der Waals surface area (Å²) in [6.07, 6.45) is 1.92. The third kappa shape index (κ3) is 3.38. The molecule has 10 heteroatoms. The number of thiocarbonyl (C=S) groups is 1. The normalized spacial score (nSPS) is 30.3. The van der Waals surface area contributed by atoms with Crippen LogP contribution in [0.5, 0.6) is 5.88 Å². The number of ether oxygens (including phenoxy) is 1. The zero-order valence-electron chi connectivity index (χ0n) is 14.6. The maximum atomic E-state index is 11.0. The second kappa shape index (κ2) is 6.59. The molecule has 26 heavy (non-hydrogen) atoms. The van der Waals surface area contributed by atoms with Gasteiger partial charge in [-0.25, -0.2) is 9.97 Å². The van der Waals surface area contributed by atoms with Crippen molar-refractivity contribution in [2.45, 2.75) is 18.4 Å². The number of aromatic nitrogens is 2. The van der Waals surface area contributed by atoms with Crippen molar-refractivity contribution in [2.24, 2.45) is 5.92 Å². The third-order valence-electron chi connectivity index (χ3n) is 5.41. The number of quaternary nitrogens is 1. The summed E-state index contributed by atoms with van der Waals surface area (Å²) in [7, 11) is 7.93. The zero-order chi connectivity index (χ0) is 18.4. The van der Waals surface area contributed by atoms with Crippen LogP contribution in [-0.2, 0) is 0 Å². The average molecular weight is 390 g/mol. The van der Waals surface area contributed by atoms with E-state index in [9.17, 15) is 5.11 Å². The number of rotatable bonds is 4. The van der Waals surface area contributed by atoms with Gasteiger partial charge in [-0.05, 0) is 18.3 Å². The smallest absolute Gasteiger partial charge is 0.481 e. The Morgan fingerprint density at radius 2 is 2.23 bits per heavy atom. The second-order valence-corrected chi connectivity index (χ2v) is 8.59. The fourth-order valence-electron chi connectivity index (χ4n) is 3.99. The summed E-state index contributed by atoms with van der Waals surface area (Å²) in [6.45, 7) is 2.84. The molecule has 0 amide bonds. The van der Waals surface area contributed by atoms with Crippen molar-refractivity contribution in [1.29, 1.82) is 0 Å². The molecule has 0 aliphatic carbocycles. The maximum Gasteiger partial charge on any atom is 0.481 e. The van der Waals surface area contributed by atoms with E-state index in [0.29, 0.717) is 33.6 Å². The van der Waals surface area contributed by atoms with Crippen molar-refractivity contribution in [2.75, 3.05) is 38.6 Å². The van der Waals surface area contributed by atoms with E-state index in [0.717, 1.165) is 36.3 Å². The molecule has 2 aromatic heterocycles. The Bertz CT molecular complexity index is 839. The van der Waals surface area contributed by atoms with Gasteiger partial charge in [-0.1, -0.05) is 11.3 Å². The third-order valence-corrected chi connectivity index (χ3v) is 6.54. The number of thiazole rings is 1. The van der Waals surface area contributed by atoms with Crippen LogP contribution in [0.1, 0.15) is 12.8 Å². The summed E-state index contributed by atoms with van der Waals surface area (Å²) >= 11 is 6.77. The first-order valence-electron chi connectivity index (χ1n) is 8.63. The second-order valence-electron chi connectivity index (χ2n) is 7.21. The van der Waals surface area contributed by atoms with Crippen molar-refractivity contribution in [3.05, 3.63) is 12.1 Å². The molecule has 7 nitrogen and oxygen atoms in total. The predicted molar refractivity (Wildman–Crippen MR) is 106 cm³/mol. The van der Waals surface area contributed by atoms with E-state index in [4.69, 9.17) is 24.9 Å². The van der Waals surface area contributed by atoms with E-state index in [-0.39, 0.29) is 5.92 Å². The molecular weight excluding hydrogens is 369 g/mol. The summed E-state index contributed by atoms with van der Waals surface area (Å²) in [4.78, 5) is 9.60. The van der Waals surface area contributed by atoms with Crippen LogP contribution in [0.25, 0.3) is 10.3 Å². The minimum atomic E-state index is -0.820. The van der Waals surface area contributed by atoms with E-state index in [1.807, 2.05) is 6.07 Å². The van der Waals surface area contributed by atoms with Crippen LogP contribution in [0.15, 0.2) is 12.1 Å². The van der Waals surface area contributed by atoms with Gasteiger partial charge < -0.3 is 24.9 Å². The number of hydrogen-bond donors (Lipinski definition) is 3. The van der Waals surface area contributed by atoms with Gasteiger partial charge in [0.25, 0.3) is 0 Å². The fourth-order valence-corrected chi connectivity index (χ4v) is 5.06. The number of methoxy groups -OCH3 is 1. The summed E-state index contributed by atoms with van der Waals surface area (Å²) < 4.78 is 5.59. The van der Waals surface area contributed by atoms with Gasteiger partial charge in [0.1, 0.15) is 15.9 Å². The molecule has 3 N–H and O–H groups in total. The van der Waals surface area contributed by atoms with E-state index >= 15 is 0 Å². The highest BCUT2D eigenvalue weighted by atomic mass is 32.1. The Hall–Kier alpha value is -1.49. The number of anilines is 1. The quantitative estimate of drug-likeness (QED) is 0.532. The van der Waals surface area contributed by atoms with Gasteiger partial charge in [0, 0.05) is 24.8 Å². The maximum absolute atomic E-state index is 11.0. The first-order chi connectivity index (χ1) is 12.4. The van der Waals surface area contributed by atoms with Gasteiger partial charge in [-0.3, -0.25) is 0 Å². The fraction of sp³-hybridized carbons (Fsp3) is 0.562. The molecule has 2 aromatic rings. The van der Waals surface area contributed by atoms with Gasteiger partial charge in [-0.2, -0.15) is 0 Å². The van der Waals surface area contributed by atoms with Crippen molar-refractivity contribution in [1.82, 2.24) is 15.3 Å². The number of hydrogen-bond acceptors (Lipinski definition) is 6. The van der Waals surface area contributed by atoms with Gasteiger partial charge in [0.2, 0.25) is 5.88 Å². The van der Waals surface area contributed by atoms with Crippen LogP contribution in [0.4, 0.5) is 5.13 Å². The molecular formula is C16H21BN5O2S2+. The molecule has 2 radical (unpaired) electrons. The largest absolute Gasteiger partial charge is 0.481 e. The van der Waals surface area contributed by atoms with Crippen molar-refractivity contribution < 1.29 is 14.2 Å². The molecule has 3 fully saturated rings. The number of aliphatic hydroxyl groups is 1. The Labute approximate surface area is 162 Å². The number of nitrogens with one attached hydrogen (secondary N) is 2. The lowest BCUT2D eigenvalue weighted by molar-refractivity contribution is -0.846. The molecule has 0 spiro atoms. The molecule has 2 bridgehead atoms. The summed E-state index contributed by atoms with van der Waals surface area (Å²) in [5.74, 6) is 0.831. The monoisotopic (exact) mass is 390 g/mol. The van der Waals surface area contributed by atoms with Crippen LogP contribution in [0.2, 0.25) is 0 Å². The van der Waals surface area contributed by atoms with Gasteiger partial charge in [0.05, 0.1) is 33.3 Å². The molecule has 0 saturated carbocycles. The van der Waals surface area contributed by atoms with E-state index < -0.39 is 5.60 Å². The van der Waals surface area contributed by atoms with Crippen molar-refractivity contribution >= 4 is 52.1 Å². The Kier molecular flexibility index (Phi) is 4.54. The average Bonchev–Trinajstić information content (AvgIpc) is 3.01. The Morgan fingerprint density at radius 3 is 2.92 bits per heavy atom. The van der Waals surface area contributed by atoms with Crippen molar-refractivity contribution in [3.8, 4) is 5.88 Å². The Morgan fingerprint density at radius 1 is 1.46 bits per heavy atom. The highest BCUT2D eigenvalue weighted by molar-refractivity contribution is 7.80. The molecule has 3 aliphatic heterocycles. The van der Waals surface area contributed by atoms with Crippen LogP contribution in [-0.4, -0.2) is 71.5 Å². The van der Waals surface area contributed by atoms with E-state index in [1.165, 1.54) is 11.3 Å². The Balaban J connectivity index is 1.38. The van der Waals surface area contributed by atoms with Gasteiger partial charge >= 0.3 is 7.98 Å². The minimum absolute atomic E-state index is 0.278. The van der Waals surface area contributed by atoms with Crippen LogP contribution in [0, 0.1) is 5.92 Å². The molecule has 3 aliphatic rings. The topological polar surface area (TPSA) is 79.3 Å². The van der Waals surface area contributed by atoms with E-state index in [1.54, 1.807) is 13.2 Å². The van der Waals surface area contributed by atoms with Crippen LogP contribution in [0.3, 0.4) is 0 Å². The van der Waals surface area contributed by atoms with Gasteiger partial charge in [0.15, 0.2) is 10.2 Å². The summed E-state index contributed by atoms with van der Waals surface area (Å²) in [5.41, 5.74) is -0.0360. The molecule has 0 aromatic carbocycles. The first kappa shape index (κ1) is 17.9. The summed E-state index contributed by atoms with van der Waals surface area (Å²) in [5, 5.41) is 18.3. The lowest BCUT2D eigenvalue weighted by Gasteiger charge is -2.55. The highest BCUT2D eigenvalue weighted by Crippen LogP contribution is 2.38. The highest BCUT2D eigenvalue weighted by Gasteiger charge is 2.52. The predicted octanol–water partition coefficient (Wildman–Crippen LogP) is 1.04. The van der Waals surface area contributed by atoms with Gasteiger partial charge in [-0.15, -0.1) is 0 Å². The van der Waals surface area contributed by atoms with Crippen LogP contribution >= 0.6 is 23.6 Å². The first-order valence-corrected chi connectivity index (χ1v) is 9.85. The van der Waals surface area contributed by atoms with Crippen molar-refractivity contribution in [3.63, 3.8) is 0 Å². The lowest BCUT2D eigenvalue weighted by atomic mass is 9.72. The number of pyridine rings is 1. The molecule has 136 valence electrons. The summed E-state index contributed by atoms with van der Waals surface area (Å²) in [6, 6.07) is 3.64.